The number of carbonyl (C=O) groups is 2. The molecule has 5 heteroatoms. The molecule has 1 aromatic heterocycles. The van der Waals surface area contributed by atoms with Crippen LogP contribution in [0.4, 0.5) is 5.69 Å². The molecule has 0 aliphatic carbocycles. The van der Waals surface area contributed by atoms with Crippen molar-refractivity contribution in [3.8, 4) is 5.69 Å². The normalized spacial score (nSPS) is 10.6. The van der Waals surface area contributed by atoms with Crippen molar-refractivity contribution < 1.29 is 9.59 Å². The Kier molecular flexibility index (Phi) is 4.71. The fourth-order valence-corrected chi connectivity index (χ4v) is 2.96. The van der Waals surface area contributed by atoms with Gasteiger partial charge in [0.15, 0.2) is 0 Å². The van der Waals surface area contributed by atoms with Gasteiger partial charge in [0.25, 0.3) is 11.7 Å². The Morgan fingerprint density at radius 3 is 2.35 bits per heavy atom. The zero-order chi connectivity index (χ0) is 18.8. The summed E-state index contributed by atoms with van der Waals surface area (Å²) < 4.78 is 1.69. The average Bonchev–Trinajstić information content (AvgIpc) is 2.92. The molecule has 26 heavy (non-hydrogen) atoms. The van der Waals surface area contributed by atoms with Crippen LogP contribution >= 0.6 is 0 Å². The topological polar surface area (TPSA) is 64.0 Å². The molecule has 0 radical (unpaired) electrons. The van der Waals surface area contributed by atoms with Crippen LogP contribution in [-0.2, 0) is 4.79 Å². The first-order valence-corrected chi connectivity index (χ1v) is 8.43. The third-order valence-corrected chi connectivity index (χ3v) is 4.37. The lowest BCUT2D eigenvalue weighted by molar-refractivity contribution is -0.112. The lowest BCUT2D eigenvalue weighted by Gasteiger charge is -2.09. The number of carbonyl (C=O) groups excluding carboxylic acids is 2. The number of rotatable bonds is 4. The molecule has 3 aromatic rings. The second-order valence-electron chi connectivity index (χ2n) is 6.39. The molecule has 0 bridgehead atoms. The number of nitrogens with zero attached hydrogens (tertiary/aromatic N) is 2. The van der Waals surface area contributed by atoms with Crippen LogP contribution in [0.25, 0.3) is 5.69 Å². The van der Waals surface area contributed by atoms with E-state index in [0.717, 1.165) is 16.8 Å². The molecule has 132 valence electrons. The second-order valence-corrected chi connectivity index (χ2v) is 6.39. The fourth-order valence-electron chi connectivity index (χ4n) is 2.96. The number of nitrogens with one attached hydrogen (secondary N) is 1. The number of aryl methyl sites for hydroxylation is 3. The van der Waals surface area contributed by atoms with E-state index in [9.17, 15) is 9.59 Å². The lowest BCUT2D eigenvalue weighted by Crippen LogP contribution is -2.24. The quantitative estimate of drug-likeness (QED) is 0.574. The minimum Gasteiger partial charge on any atom is -0.319 e. The third kappa shape index (κ3) is 3.28. The van der Waals surface area contributed by atoms with Crippen molar-refractivity contribution in [1.82, 2.24) is 9.78 Å². The molecule has 0 atom stereocenters. The Morgan fingerprint density at radius 1 is 0.962 bits per heavy atom. The van der Waals surface area contributed by atoms with Crippen molar-refractivity contribution in [3.63, 3.8) is 0 Å². The van der Waals surface area contributed by atoms with E-state index in [1.54, 1.807) is 18.5 Å². The zero-order valence-corrected chi connectivity index (χ0v) is 15.3. The van der Waals surface area contributed by atoms with Crippen LogP contribution < -0.4 is 5.32 Å². The van der Waals surface area contributed by atoms with Gasteiger partial charge in [-0.3, -0.25) is 9.59 Å². The van der Waals surface area contributed by atoms with Crippen LogP contribution in [0.3, 0.4) is 0 Å². The summed E-state index contributed by atoms with van der Waals surface area (Å²) >= 11 is 0. The molecule has 1 N–H and O–H groups in total. The Bertz CT molecular complexity index is 988. The minimum absolute atomic E-state index is 0.344. The smallest absolute Gasteiger partial charge is 0.296 e. The Hall–Kier alpha value is -3.21. The first-order valence-electron chi connectivity index (χ1n) is 8.43. The highest BCUT2D eigenvalue weighted by molar-refractivity contribution is 6.47. The van der Waals surface area contributed by atoms with E-state index in [4.69, 9.17) is 0 Å². The van der Waals surface area contributed by atoms with Crippen molar-refractivity contribution in [2.45, 2.75) is 27.7 Å². The van der Waals surface area contributed by atoms with Gasteiger partial charge < -0.3 is 5.32 Å². The van der Waals surface area contributed by atoms with Crippen molar-refractivity contribution in [1.29, 1.82) is 0 Å². The van der Waals surface area contributed by atoms with Crippen molar-refractivity contribution >= 4 is 17.4 Å². The number of hydrogen-bond donors (Lipinski definition) is 1. The van der Waals surface area contributed by atoms with Crippen molar-refractivity contribution in [2.75, 3.05) is 5.32 Å². The van der Waals surface area contributed by atoms with Crippen molar-refractivity contribution in [2.24, 2.45) is 0 Å². The summed E-state index contributed by atoms with van der Waals surface area (Å²) in [6.07, 6.45) is 0. The highest BCUT2D eigenvalue weighted by atomic mass is 16.2. The van der Waals surface area contributed by atoms with Crippen LogP contribution in [0.5, 0.6) is 0 Å². The van der Waals surface area contributed by atoms with Gasteiger partial charge in [0.2, 0.25) is 0 Å². The summed E-state index contributed by atoms with van der Waals surface area (Å²) in [5.41, 5.74) is 4.95. The summed E-state index contributed by atoms with van der Waals surface area (Å²) in [5.74, 6) is -1.24. The van der Waals surface area contributed by atoms with Gasteiger partial charge in [-0.15, -0.1) is 0 Å². The van der Waals surface area contributed by atoms with Crippen LogP contribution in [0.2, 0.25) is 0 Å². The van der Waals surface area contributed by atoms with Crippen LogP contribution in [0.1, 0.15) is 32.9 Å². The molecule has 0 fully saturated rings. The van der Waals surface area contributed by atoms with Gasteiger partial charge in [0.1, 0.15) is 0 Å². The van der Waals surface area contributed by atoms with Crippen LogP contribution in [0.15, 0.2) is 48.5 Å². The predicted octanol–water partition coefficient (Wildman–Crippen LogP) is 3.93. The lowest BCUT2D eigenvalue weighted by atomic mass is 10.1. The van der Waals surface area contributed by atoms with Crippen molar-refractivity contribution in [3.05, 3.63) is 76.6 Å². The van der Waals surface area contributed by atoms with E-state index in [2.05, 4.69) is 10.4 Å². The van der Waals surface area contributed by atoms with E-state index in [0.29, 0.717) is 22.6 Å². The number of aromatic nitrogens is 2. The Balaban J connectivity index is 1.92. The molecular formula is C21H21N3O2. The second kappa shape index (κ2) is 6.96. The molecular weight excluding hydrogens is 326 g/mol. The number of benzene rings is 2. The SMILES string of the molecule is Cc1ccc(C)c(NC(=O)C(=O)c2c(C)nn(-c3ccccc3)c2C)c1. The molecule has 0 saturated heterocycles. The summed E-state index contributed by atoms with van der Waals surface area (Å²) in [6, 6.07) is 15.3. The van der Waals surface area contributed by atoms with Gasteiger partial charge in [-0.25, -0.2) is 4.68 Å². The maximum atomic E-state index is 12.8. The predicted molar refractivity (Wildman–Crippen MR) is 102 cm³/mol. The van der Waals surface area contributed by atoms with Gasteiger partial charge in [-0.05, 0) is 57.0 Å². The maximum absolute atomic E-state index is 12.8. The Morgan fingerprint density at radius 2 is 1.65 bits per heavy atom. The number of para-hydroxylation sites is 1. The summed E-state index contributed by atoms with van der Waals surface area (Å²) in [5, 5.41) is 7.17. The van der Waals surface area contributed by atoms with Gasteiger partial charge in [0, 0.05) is 5.69 Å². The number of anilines is 1. The van der Waals surface area contributed by atoms with E-state index in [1.165, 1.54) is 0 Å². The highest BCUT2D eigenvalue weighted by Gasteiger charge is 2.25. The number of hydrogen-bond acceptors (Lipinski definition) is 3. The van der Waals surface area contributed by atoms with E-state index >= 15 is 0 Å². The van der Waals surface area contributed by atoms with Gasteiger partial charge in [-0.2, -0.15) is 5.10 Å². The molecule has 0 aliphatic rings. The van der Waals surface area contributed by atoms with Gasteiger partial charge in [-0.1, -0.05) is 30.3 Å². The monoisotopic (exact) mass is 347 g/mol. The fraction of sp³-hybridized carbons (Fsp3) is 0.190. The standard InChI is InChI=1S/C21H21N3O2/c1-13-10-11-14(2)18(12-13)22-21(26)20(25)19-15(3)23-24(16(19)4)17-8-6-5-7-9-17/h5-12H,1-4H3,(H,22,26). The number of amides is 1. The molecule has 2 aromatic carbocycles. The molecule has 3 rings (SSSR count). The third-order valence-electron chi connectivity index (χ3n) is 4.37. The molecule has 5 nitrogen and oxygen atoms in total. The molecule has 1 heterocycles. The van der Waals surface area contributed by atoms with Crippen LogP contribution in [-0.4, -0.2) is 21.5 Å². The van der Waals surface area contributed by atoms with Crippen LogP contribution in [0, 0.1) is 27.7 Å². The molecule has 0 spiro atoms. The average molecular weight is 347 g/mol. The largest absolute Gasteiger partial charge is 0.319 e. The molecule has 0 aliphatic heterocycles. The number of ketones is 1. The highest BCUT2D eigenvalue weighted by Crippen LogP contribution is 2.20. The first kappa shape index (κ1) is 17.6. The summed E-state index contributed by atoms with van der Waals surface area (Å²) in [7, 11) is 0. The molecule has 1 amide bonds. The first-order chi connectivity index (χ1) is 12.4. The number of Topliss-reactive ketones (excluding diaryl/α,β-unsaturated/α-hetero) is 1. The van der Waals surface area contributed by atoms with E-state index in [-0.39, 0.29) is 0 Å². The van der Waals surface area contributed by atoms with Gasteiger partial charge in [0.05, 0.1) is 22.6 Å². The molecule has 0 unspecified atom stereocenters. The summed E-state index contributed by atoms with van der Waals surface area (Å²) in [4.78, 5) is 25.3. The molecule has 0 saturated carbocycles. The zero-order valence-electron chi connectivity index (χ0n) is 15.3. The maximum Gasteiger partial charge on any atom is 0.296 e. The minimum atomic E-state index is -0.655. The van der Waals surface area contributed by atoms with Gasteiger partial charge >= 0.3 is 0 Å². The Labute approximate surface area is 152 Å². The van der Waals surface area contributed by atoms with E-state index < -0.39 is 11.7 Å². The summed E-state index contributed by atoms with van der Waals surface area (Å²) in [6.45, 7) is 7.37. The van der Waals surface area contributed by atoms with E-state index in [1.807, 2.05) is 62.4 Å².